The highest BCUT2D eigenvalue weighted by atomic mass is 32.2. The Bertz CT molecular complexity index is 1290. The molecule has 0 N–H and O–H groups in total. The van der Waals surface area contributed by atoms with Gasteiger partial charge in [0.2, 0.25) is 0 Å². The number of ether oxygens (including phenoxy) is 1. The number of halogens is 3. The predicted octanol–water partition coefficient (Wildman–Crippen LogP) is 4.06. The van der Waals surface area contributed by atoms with Crippen LogP contribution in [-0.2, 0) is 23.2 Å². The molecule has 0 saturated heterocycles. The number of hydrogen-bond donors (Lipinski definition) is 1. The Morgan fingerprint density at radius 3 is 2.47 bits per heavy atom. The van der Waals surface area contributed by atoms with Gasteiger partial charge in [0, 0.05) is 17.7 Å². The van der Waals surface area contributed by atoms with Crippen molar-refractivity contribution in [3.8, 4) is 23.3 Å². The fourth-order valence-corrected chi connectivity index (χ4v) is 4.46. The Hall–Kier alpha value is -3.00. The molecule has 0 fully saturated rings. The Morgan fingerprint density at radius 2 is 1.91 bits per heavy atom. The van der Waals surface area contributed by atoms with E-state index in [-0.39, 0.29) is 11.3 Å². The molecule has 32 heavy (non-hydrogen) atoms. The maximum absolute atomic E-state index is 13.4. The number of imidazole rings is 1. The van der Waals surface area contributed by atoms with Gasteiger partial charge in [0.05, 0.1) is 22.9 Å². The van der Waals surface area contributed by atoms with Crippen molar-refractivity contribution < 1.29 is 22.1 Å². The molecule has 3 aromatic heterocycles. The van der Waals surface area contributed by atoms with Gasteiger partial charge >= 0.3 is 6.18 Å². The number of fused-ring (bicyclic) bond motifs is 1. The van der Waals surface area contributed by atoms with Crippen molar-refractivity contribution in [2.24, 2.45) is 7.05 Å². The minimum atomic E-state index is -4.60. The van der Waals surface area contributed by atoms with Crippen LogP contribution >= 0.6 is 0 Å². The molecule has 0 spiro atoms. The SMILES string of the molecule is CC[SH](C)(=O)c1cc(OC(C)(C)C#N)c(C)nc1-c1nc2cc(C(F)(F)F)ncc2n1C. The molecule has 172 valence electrons. The number of aromatic nitrogens is 4. The second kappa shape index (κ2) is 7.85. The minimum Gasteiger partial charge on any atom is -0.471 e. The van der Waals surface area contributed by atoms with E-state index >= 15 is 0 Å². The van der Waals surface area contributed by atoms with E-state index in [2.05, 4.69) is 15.0 Å². The minimum absolute atomic E-state index is 0.101. The fourth-order valence-electron chi connectivity index (χ4n) is 3.13. The van der Waals surface area contributed by atoms with E-state index in [1.54, 1.807) is 51.6 Å². The highest BCUT2D eigenvalue weighted by molar-refractivity contribution is 8.02. The molecule has 0 aliphatic carbocycles. The second-order valence-corrected chi connectivity index (χ2v) is 11.4. The molecule has 0 saturated carbocycles. The molecule has 11 heteroatoms. The van der Waals surface area contributed by atoms with E-state index in [0.717, 1.165) is 12.3 Å². The predicted molar refractivity (Wildman–Crippen MR) is 116 cm³/mol. The second-order valence-electron chi connectivity index (χ2n) is 8.13. The van der Waals surface area contributed by atoms with Gasteiger partial charge in [-0.15, -0.1) is 0 Å². The first-order chi connectivity index (χ1) is 14.7. The lowest BCUT2D eigenvalue weighted by atomic mass is 10.1. The van der Waals surface area contributed by atoms with Crippen LogP contribution in [0.3, 0.4) is 0 Å². The zero-order chi connectivity index (χ0) is 24.1. The van der Waals surface area contributed by atoms with Crippen molar-refractivity contribution in [2.75, 3.05) is 12.0 Å². The van der Waals surface area contributed by atoms with Crippen LogP contribution in [0.15, 0.2) is 23.2 Å². The number of thiol groups is 1. The molecule has 7 nitrogen and oxygen atoms in total. The Balaban J connectivity index is 2.28. The largest absolute Gasteiger partial charge is 0.471 e. The third-order valence-electron chi connectivity index (χ3n) is 5.16. The Labute approximate surface area is 184 Å². The van der Waals surface area contributed by atoms with E-state index < -0.39 is 27.4 Å². The molecule has 0 aliphatic heterocycles. The van der Waals surface area contributed by atoms with Gasteiger partial charge in [0.1, 0.15) is 23.2 Å². The zero-order valence-corrected chi connectivity index (χ0v) is 19.5. The van der Waals surface area contributed by atoms with Crippen molar-refractivity contribution in [1.29, 1.82) is 5.26 Å². The van der Waals surface area contributed by atoms with E-state index in [1.165, 1.54) is 0 Å². The summed E-state index contributed by atoms with van der Waals surface area (Å²) in [6.45, 7) is 6.65. The summed E-state index contributed by atoms with van der Waals surface area (Å²) in [5, 5.41) is 9.30. The highest BCUT2D eigenvalue weighted by Gasteiger charge is 2.33. The third kappa shape index (κ3) is 4.32. The van der Waals surface area contributed by atoms with Crippen LogP contribution in [0.2, 0.25) is 0 Å². The van der Waals surface area contributed by atoms with E-state index in [0.29, 0.717) is 33.3 Å². The first kappa shape index (κ1) is 23.7. The number of nitrogens with zero attached hydrogens (tertiary/aromatic N) is 5. The van der Waals surface area contributed by atoms with E-state index in [4.69, 9.17) is 4.74 Å². The average molecular weight is 468 g/mol. The van der Waals surface area contributed by atoms with Crippen LogP contribution in [0.25, 0.3) is 22.6 Å². The fraction of sp³-hybridized carbons (Fsp3) is 0.429. The van der Waals surface area contributed by atoms with Crippen molar-refractivity contribution in [3.63, 3.8) is 0 Å². The summed E-state index contributed by atoms with van der Waals surface area (Å²) in [6.07, 6.45) is -1.88. The Morgan fingerprint density at radius 1 is 1.25 bits per heavy atom. The van der Waals surface area contributed by atoms with Crippen LogP contribution in [0, 0.1) is 18.3 Å². The highest BCUT2D eigenvalue weighted by Crippen LogP contribution is 2.36. The maximum Gasteiger partial charge on any atom is 0.433 e. The van der Waals surface area contributed by atoms with Gasteiger partial charge in [-0.3, -0.25) is 4.21 Å². The van der Waals surface area contributed by atoms with Crippen LogP contribution in [-0.4, -0.2) is 41.3 Å². The van der Waals surface area contributed by atoms with Gasteiger partial charge in [-0.2, -0.15) is 18.4 Å². The lowest BCUT2D eigenvalue weighted by Gasteiger charge is -2.24. The number of aryl methyl sites for hydroxylation is 2. The van der Waals surface area contributed by atoms with E-state index in [9.17, 15) is 22.6 Å². The molecule has 0 aliphatic rings. The molecule has 3 heterocycles. The van der Waals surface area contributed by atoms with Gasteiger partial charge in [-0.1, -0.05) is 16.9 Å². The Kier molecular flexibility index (Phi) is 5.80. The van der Waals surface area contributed by atoms with Crippen molar-refractivity contribution in [2.45, 2.75) is 44.4 Å². The smallest absolute Gasteiger partial charge is 0.433 e. The van der Waals surface area contributed by atoms with Crippen molar-refractivity contribution in [3.05, 3.63) is 29.7 Å². The molecule has 0 bridgehead atoms. The summed E-state index contributed by atoms with van der Waals surface area (Å²) >= 11 is 0. The van der Waals surface area contributed by atoms with Gasteiger partial charge < -0.3 is 9.30 Å². The summed E-state index contributed by atoms with van der Waals surface area (Å²) in [5.74, 6) is 0.904. The number of hydrogen-bond acceptors (Lipinski definition) is 6. The van der Waals surface area contributed by atoms with Crippen LogP contribution in [0.4, 0.5) is 13.2 Å². The van der Waals surface area contributed by atoms with Crippen LogP contribution in [0.5, 0.6) is 5.75 Å². The van der Waals surface area contributed by atoms with Crippen molar-refractivity contribution >= 4 is 21.0 Å². The molecule has 0 aromatic carbocycles. The zero-order valence-electron chi connectivity index (χ0n) is 18.6. The number of nitriles is 1. The van der Waals surface area contributed by atoms with E-state index in [1.807, 2.05) is 6.07 Å². The third-order valence-corrected chi connectivity index (χ3v) is 7.73. The van der Waals surface area contributed by atoms with Crippen LogP contribution in [0.1, 0.15) is 32.2 Å². The molecule has 3 aromatic rings. The standard InChI is InChI=1S/C21H24F3N5O2S/c1-7-32(6,30)16-9-15(31-20(3,4)11-25)12(2)27-18(16)19-28-13-8-17(21(22,23)24)26-10-14(13)29(19)5/h8-10,32H,7H2,1-6H3. The normalized spacial score (nSPS) is 13.2. The van der Waals surface area contributed by atoms with Gasteiger partial charge in [-0.05, 0) is 39.2 Å². The molecule has 0 unspecified atom stereocenters. The molecule has 0 radical (unpaired) electrons. The van der Waals surface area contributed by atoms with Gasteiger partial charge in [0.25, 0.3) is 0 Å². The summed E-state index contributed by atoms with van der Waals surface area (Å²) < 4.78 is 60.1. The first-order valence-corrected chi connectivity index (χ1v) is 12.1. The number of pyridine rings is 2. The lowest BCUT2D eigenvalue weighted by Crippen LogP contribution is -2.26. The molecule has 0 atom stereocenters. The van der Waals surface area contributed by atoms with Crippen molar-refractivity contribution in [1.82, 2.24) is 19.5 Å². The quantitative estimate of drug-likeness (QED) is 0.569. The van der Waals surface area contributed by atoms with Gasteiger partial charge in [-0.25, -0.2) is 15.0 Å². The van der Waals surface area contributed by atoms with Gasteiger partial charge in [0.15, 0.2) is 11.4 Å². The first-order valence-electron chi connectivity index (χ1n) is 9.79. The summed E-state index contributed by atoms with van der Waals surface area (Å²) in [5.41, 5.74) is -0.965. The average Bonchev–Trinajstić information content (AvgIpc) is 3.04. The lowest BCUT2D eigenvalue weighted by molar-refractivity contribution is -0.141. The molecule has 3 rings (SSSR count). The molecular weight excluding hydrogens is 443 g/mol. The monoisotopic (exact) mass is 467 g/mol. The maximum atomic E-state index is 13.4. The number of alkyl halides is 3. The summed E-state index contributed by atoms with van der Waals surface area (Å²) in [6, 6.07) is 4.52. The number of rotatable bonds is 5. The summed E-state index contributed by atoms with van der Waals surface area (Å²) in [4.78, 5) is 12.8. The van der Waals surface area contributed by atoms with Crippen LogP contribution < -0.4 is 4.74 Å². The molecular formula is C21H24F3N5O2S. The summed E-state index contributed by atoms with van der Waals surface area (Å²) in [7, 11) is -1.29. The molecule has 0 amide bonds. The topological polar surface area (TPSA) is 93.7 Å².